The van der Waals surface area contributed by atoms with E-state index < -0.39 is 22.0 Å². The van der Waals surface area contributed by atoms with E-state index in [0.717, 1.165) is 11.8 Å². The fourth-order valence-corrected chi connectivity index (χ4v) is 2.95. The van der Waals surface area contributed by atoms with E-state index in [-0.39, 0.29) is 28.8 Å². The predicted molar refractivity (Wildman–Crippen MR) is 93.0 cm³/mol. The summed E-state index contributed by atoms with van der Waals surface area (Å²) in [6.07, 6.45) is 0.946. The zero-order chi connectivity index (χ0) is 19.3. The van der Waals surface area contributed by atoms with Gasteiger partial charge in [0, 0.05) is 5.56 Å². The lowest BCUT2D eigenvalue weighted by molar-refractivity contribution is -0.385. The SMILES string of the molecule is COc1cc([N+](=O)[O-])c(OC)cc1C=NN=C1NC(=O)C(CC(=O)O)S1. The Morgan fingerprint density at radius 1 is 1.42 bits per heavy atom. The van der Waals surface area contributed by atoms with Crippen LogP contribution in [-0.2, 0) is 9.59 Å². The molecule has 12 heteroatoms. The number of thioether (sulfide) groups is 1. The quantitative estimate of drug-likeness (QED) is 0.402. The molecule has 0 bridgehead atoms. The van der Waals surface area contributed by atoms with E-state index in [0.29, 0.717) is 5.56 Å². The summed E-state index contributed by atoms with van der Waals surface area (Å²) in [5, 5.41) is 29.2. The Balaban J connectivity index is 2.21. The molecule has 2 rings (SSSR count). The largest absolute Gasteiger partial charge is 0.496 e. The highest BCUT2D eigenvalue weighted by Gasteiger charge is 2.32. The molecule has 1 aromatic rings. The number of methoxy groups -OCH3 is 2. The number of carboxylic acid groups (broad SMARTS) is 1. The molecule has 1 amide bonds. The van der Waals surface area contributed by atoms with Gasteiger partial charge in [0.15, 0.2) is 10.9 Å². The van der Waals surface area contributed by atoms with Crippen molar-refractivity contribution in [1.29, 1.82) is 0 Å². The third-order valence-electron chi connectivity index (χ3n) is 3.21. The second-order valence-corrected chi connectivity index (χ2v) is 6.06. The number of carboxylic acids is 1. The highest BCUT2D eigenvalue weighted by Crippen LogP contribution is 2.33. The van der Waals surface area contributed by atoms with Gasteiger partial charge in [-0.1, -0.05) is 11.8 Å². The molecule has 1 heterocycles. The second kappa shape index (κ2) is 8.29. The van der Waals surface area contributed by atoms with Gasteiger partial charge in [-0.05, 0) is 6.07 Å². The van der Waals surface area contributed by atoms with Gasteiger partial charge in [0.2, 0.25) is 5.91 Å². The number of aliphatic carboxylic acids is 1. The predicted octanol–water partition coefficient (Wildman–Crippen LogP) is 1.01. The summed E-state index contributed by atoms with van der Waals surface area (Å²) in [5.41, 5.74) is 0.110. The van der Waals surface area contributed by atoms with Crippen molar-refractivity contribution < 1.29 is 29.1 Å². The van der Waals surface area contributed by atoms with Crippen LogP contribution in [0.4, 0.5) is 5.69 Å². The molecule has 11 nitrogen and oxygen atoms in total. The van der Waals surface area contributed by atoms with Crippen LogP contribution in [0.5, 0.6) is 11.5 Å². The van der Waals surface area contributed by atoms with Gasteiger partial charge in [-0.15, -0.1) is 5.10 Å². The minimum Gasteiger partial charge on any atom is -0.496 e. The summed E-state index contributed by atoms with van der Waals surface area (Å²) in [6.45, 7) is 0. The summed E-state index contributed by atoms with van der Waals surface area (Å²) >= 11 is 0.956. The van der Waals surface area contributed by atoms with Crippen molar-refractivity contribution in [1.82, 2.24) is 5.32 Å². The maximum absolute atomic E-state index is 11.6. The van der Waals surface area contributed by atoms with Crippen molar-refractivity contribution in [3.8, 4) is 11.5 Å². The molecule has 2 N–H and O–H groups in total. The van der Waals surface area contributed by atoms with E-state index >= 15 is 0 Å². The minimum absolute atomic E-state index is 0.0231. The summed E-state index contributed by atoms with van der Waals surface area (Å²) < 4.78 is 10.1. The molecule has 1 saturated heterocycles. The number of rotatable bonds is 7. The third-order valence-corrected chi connectivity index (χ3v) is 4.28. The number of amides is 1. The van der Waals surface area contributed by atoms with Crippen molar-refractivity contribution >= 4 is 40.7 Å². The molecule has 0 aliphatic carbocycles. The topological polar surface area (TPSA) is 153 Å². The number of hydrogen-bond acceptors (Lipinski definition) is 9. The lowest BCUT2D eigenvalue weighted by Gasteiger charge is -2.07. The summed E-state index contributed by atoms with van der Waals surface area (Å²) in [5.74, 6) is -1.34. The molecular formula is C14H14N4O7S. The van der Waals surface area contributed by atoms with Crippen molar-refractivity contribution in [2.45, 2.75) is 11.7 Å². The monoisotopic (exact) mass is 382 g/mol. The van der Waals surface area contributed by atoms with Crippen molar-refractivity contribution in [2.75, 3.05) is 14.2 Å². The van der Waals surface area contributed by atoms with Crippen molar-refractivity contribution in [2.24, 2.45) is 10.2 Å². The third kappa shape index (κ3) is 4.47. The number of hydrogen-bond donors (Lipinski definition) is 2. The van der Waals surface area contributed by atoms with Crippen molar-refractivity contribution in [3.05, 3.63) is 27.8 Å². The molecule has 0 spiro atoms. The maximum Gasteiger partial charge on any atom is 0.314 e. The zero-order valence-electron chi connectivity index (χ0n) is 13.7. The Morgan fingerprint density at radius 3 is 2.69 bits per heavy atom. The van der Waals surface area contributed by atoms with Crippen LogP contribution in [0, 0.1) is 10.1 Å². The van der Waals surface area contributed by atoms with Gasteiger partial charge in [-0.3, -0.25) is 19.7 Å². The fourth-order valence-electron chi connectivity index (χ4n) is 2.04. The Morgan fingerprint density at radius 2 is 2.12 bits per heavy atom. The smallest absolute Gasteiger partial charge is 0.314 e. The van der Waals surface area contributed by atoms with Gasteiger partial charge < -0.3 is 19.9 Å². The normalized spacial score (nSPS) is 18.2. The number of nitro groups is 1. The van der Waals surface area contributed by atoms with E-state index in [2.05, 4.69) is 15.5 Å². The molecule has 1 aliphatic rings. The molecule has 0 aromatic heterocycles. The van der Waals surface area contributed by atoms with Crippen LogP contribution in [0.2, 0.25) is 0 Å². The average Bonchev–Trinajstić information content (AvgIpc) is 2.92. The van der Waals surface area contributed by atoms with E-state index in [9.17, 15) is 19.7 Å². The Bertz CT molecular complexity index is 809. The van der Waals surface area contributed by atoms with E-state index in [1.807, 2.05) is 0 Å². The van der Waals surface area contributed by atoms with Crippen LogP contribution in [0.15, 0.2) is 22.3 Å². The number of amidine groups is 1. The lowest BCUT2D eigenvalue weighted by atomic mass is 10.2. The summed E-state index contributed by atoms with van der Waals surface area (Å²) in [4.78, 5) is 32.7. The molecule has 26 heavy (non-hydrogen) atoms. The molecule has 1 fully saturated rings. The number of carbonyl (C=O) groups excluding carboxylic acids is 1. The highest BCUT2D eigenvalue weighted by atomic mass is 32.2. The van der Waals surface area contributed by atoms with Crippen LogP contribution in [0.1, 0.15) is 12.0 Å². The van der Waals surface area contributed by atoms with Gasteiger partial charge in [0.25, 0.3) is 0 Å². The lowest BCUT2D eigenvalue weighted by Crippen LogP contribution is -2.26. The van der Waals surface area contributed by atoms with E-state index in [4.69, 9.17) is 14.6 Å². The second-order valence-electron chi connectivity index (χ2n) is 4.87. The maximum atomic E-state index is 11.6. The summed E-state index contributed by atoms with van der Waals surface area (Å²) in [6, 6.07) is 2.57. The highest BCUT2D eigenvalue weighted by molar-refractivity contribution is 8.15. The van der Waals surface area contributed by atoms with Gasteiger partial charge >= 0.3 is 11.7 Å². The standard InChI is InChI=1S/C14H14N4O7S/c1-24-9-4-8(18(22)23)10(25-2)3-7(9)6-15-17-14-16-13(21)11(26-14)5-12(19)20/h3-4,6,11H,5H2,1-2H3,(H,19,20)(H,16,17,21). The Kier molecular flexibility index (Phi) is 6.11. The van der Waals surface area contributed by atoms with Crippen LogP contribution in [0.3, 0.4) is 0 Å². The molecule has 1 aliphatic heterocycles. The Labute approximate surface area is 151 Å². The van der Waals surface area contributed by atoms with Gasteiger partial charge in [0.05, 0.1) is 37.8 Å². The van der Waals surface area contributed by atoms with Gasteiger partial charge in [0.1, 0.15) is 11.0 Å². The summed E-state index contributed by atoms with van der Waals surface area (Å²) in [7, 11) is 2.64. The number of nitro benzene ring substituents is 1. The van der Waals surface area contributed by atoms with Crippen LogP contribution < -0.4 is 14.8 Å². The molecular weight excluding hydrogens is 368 g/mol. The number of carbonyl (C=O) groups is 2. The fraction of sp³-hybridized carbons (Fsp3) is 0.286. The molecule has 138 valence electrons. The number of nitrogens with zero attached hydrogens (tertiary/aromatic N) is 3. The average molecular weight is 382 g/mol. The number of benzene rings is 1. The molecule has 1 unspecified atom stereocenters. The minimum atomic E-state index is -1.09. The zero-order valence-corrected chi connectivity index (χ0v) is 14.5. The van der Waals surface area contributed by atoms with E-state index in [1.165, 1.54) is 32.6 Å². The molecule has 0 radical (unpaired) electrons. The molecule has 0 saturated carbocycles. The van der Waals surface area contributed by atoms with Gasteiger partial charge in [-0.2, -0.15) is 5.10 Å². The van der Waals surface area contributed by atoms with Crippen molar-refractivity contribution in [3.63, 3.8) is 0 Å². The van der Waals surface area contributed by atoms with Crippen LogP contribution in [0.25, 0.3) is 0 Å². The first-order chi connectivity index (χ1) is 12.3. The molecule has 1 atom stereocenters. The molecule has 1 aromatic carbocycles. The first-order valence-electron chi connectivity index (χ1n) is 7.06. The van der Waals surface area contributed by atoms with Gasteiger partial charge in [-0.25, -0.2) is 0 Å². The van der Waals surface area contributed by atoms with Crippen LogP contribution >= 0.6 is 11.8 Å². The first kappa shape index (κ1) is 19.2. The van der Waals surface area contributed by atoms with Crippen LogP contribution in [-0.4, -0.2) is 52.8 Å². The first-order valence-corrected chi connectivity index (χ1v) is 7.94. The Hall–Kier alpha value is -3.15. The number of ether oxygens (including phenoxy) is 2. The van der Waals surface area contributed by atoms with E-state index in [1.54, 1.807) is 0 Å². The number of nitrogens with one attached hydrogen (secondary N) is 1.